The molecule has 0 saturated carbocycles. The second kappa shape index (κ2) is 4.25. The third-order valence-corrected chi connectivity index (χ3v) is 2.84. The van der Waals surface area contributed by atoms with E-state index in [1.165, 1.54) is 6.07 Å². The molecule has 0 fully saturated rings. The smallest absolute Gasteiger partial charge is 0.325 e. The van der Waals surface area contributed by atoms with Crippen molar-refractivity contribution in [3.05, 3.63) is 33.0 Å². The minimum absolute atomic E-state index is 0.103. The zero-order valence-electron chi connectivity index (χ0n) is 6.80. The maximum absolute atomic E-state index is 13.2. The standard InChI is InChI=1S/C8H6BrClFNO2/c9-4-1-3(7(12)8(13)14)6(11)2-5(4)10/h1-2,7H,12H2,(H,13,14). The number of aliphatic carboxylic acids is 1. The lowest BCUT2D eigenvalue weighted by molar-refractivity contribution is -0.138. The first-order chi connectivity index (χ1) is 6.43. The zero-order chi connectivity index (χ0) is 10.9. The number of carboxylic acids is 1. The largest absolute Gasteiger partial charge is 0.480 e. The summed E-state index contributed by atoms with van der Waals surface area (Å²) >= 11 is 8.65. The fourth-order valence-electron chi connectivity index (χ4n) is 0.909. The van der Waals surface area contributed by atoms with Crippen molar-refractivity contribution in [3.8, 4) is 0 Å². The number of benzene rings is 1. The Hall–Kier alpha value is -0.650. The summed E-state index contributed by atoms with van der Waals surface area (Å²) in [6.45, 7) is 0. The number of carboxylic acid groups (broad SMARTS) is 1. The van der Waals surface area contributed by atoms with Crippen LogP contribution in [-0.4, -0.2) is 11.1 Å². The second-order valence-electron chi connectivity index (χ2n) is 2.60. The number of hydrogen-bond donors (Lipinski definition) is 2. The Bertz CT molecular complexity index is 386. The van der Waals surface area contributed by atoms with Gasteiger partial charge in [0, 0.05) is 10.0 Å². The molecule has 0 aliphatic carbocycles. The molecule has 0 radical (unpaired) electrons. The SMILES string of the molecule is NC(C(=O)O)c1cc(Br)c(Cl)cc1F. The molecule has 0 aliphatic rings. The molecule has 0 aromatic heterocycles. The highest BCUT2D eigenvalue weighted by atomic mass is 79.9. The van der Waals surface area contributed by atoms with Gasteiger partial charge in [0.2, 0.25) is 0 Å². The van der Waals surface area contributed by atoms with Crippen LogP contribution in [0.25, 0.3) is 0 Å². The highest BCUT2D eigenvalue weighted by molar-refractivity contribution is 9.10. The molecule has 1 rings (SSSR count). The molecule has 14 heavy (non-hydrogen) atoms. The van der Waals surface area contributed by atoms with Gasteiger partial charge >= 0.3 is 5.97 Å². The Balaban J connectivity index is 3.22. The molecular weight excluding hydrogens is 276 g/mol. The minimum Gasteiger partial charge on any atom is -0.480 e. The van der Waals surface area contributed by atoms with Crippen LogP contribution >= 0.6 is 27.5 Å². The molecular formula is C8H6BrClFNO2. The fourth-order valence-corrected chi connectivity index (χ4v) is 1.42. The van der Waals surface area contributed by atoms with E-state index in [1.54, 1.807) is 0 Å². The molecule has 0 heterocycles. The van der Waals surface area contributed by atoms with Gasteiger partial charge in [-0.15, -0.1) is 0 Å². The highest BCUT2D eigenvalue weighted by Crippen LogP contribution is 2.28. The van der Waals surface area contributed by atoms with Crippen LogP contribution in [0.4, 0.5) is 4.39 Å². The highest BCUT2D eigenvalue weighted by Gasteiger charge is 2.19. The maximum Gasteiger partial charge on any atom is 0.325 e. The van der Waals surface area contributed by atoms with Gasteiger partial charge in [0.1, 0.15) is 11.9 Å². The molecule has 0 spiro atoms. The van der Waals surface area contributed by atoms with Gasteiger partial charge in [0.25, 0.3) is 0 Å². The van der Waals surface area contributed by atoms with E-state index < -0.39 is 17.8 Å². The monoisotopic (exact) mass is 281 g/mol. The van der Waals surface area contributed by atoms with Gasteiger partial charge in [-0.05, 0) is 28.1 Å². The first-order valence-corrected chi connectivity index (χ1v) is 4.73. The van der Waals surface area contributed by atoms with E-state index in [1.807, 2.05) is 0 Å². The Morgan fingerprint density at radius 1 is 1.64 bits per heavy atom. The van der Waals surface area contributed by atoms with E-state index in [0.717, 1.165) is 6.07 Å². The van der Waals surface area contributed by atoms with E-state index in [9.17, 15) is 9.18 Å². The number of hydrogen-bond acceptors (Lipinski definition) is 2. The molecule has 1 atom stereocenters. The molecule has 0 bridgehead atoms. The molecule has 1 unspecified atom stereocenters. The van der Waals surface area contributed by atoms with Crippen molar-refractivity contribution < 1.29 is 14.3 Å². The third kappa shape index (κ3) is 2.23. The fraction of sp³-hybridized carbons (Fsp3) is 0.125. The average Bonchev–Trinajstić information content (AvgIpc) is 2.10. The number of nitrogens with two attached hydrogens (primary N) is 1. The summed E-state index contributed by atoms with van der Waals surface area (Å²) in [7, 11) is 0. The summed E-state index contributed by atoms with van der Waals surface area (Å²) in [6, 6.07) is 0.892. The van der Waals surface area contributed by atoms with Gasteiger partial charge in [0.15, 0.2) is 0 Å². The predicted octanol–water partition coefficient (Wildman–Crippen LogP) is 2.33. The Kier molecular flexibility index (Phi) is 3.47. The topological polar surface area (TPSA) is 63.3 Å². The Morgan fingerprint density at radius 2 is 2.21 bits per heavy atom. The van der Waals surface area contributed by atoms with Gasteiger partial charge in [-0.3, -0.25) is 4.79 Å². The van der Waals surface area contributed by atoms with Gasteiger partial charge in [-0.1, -0.05) is 11.6 Å². The zero-order valence-corrected chi connectivity index (χ0v) is 9.14. The third-order valence-electron chi connectivity index (χ3n) is 1.64. The van der Waals surface area contributed by atoms with E-state index in [4.69, 9.17) is 22.4 Å². The van der Waals surface area contributed by atoms with Crippen LogP contribution < -0.4 is 5.73 Å². The summed E-state index contributed by atoms with van der Waals surface area (Å²) < 4.78 is 13.6. The average molecular weight is 282 g/mol. The summed E-state index contributed by atoms with van der Waals surface area (Å²) in [5.74, 6) is -2.02. The maximum atomic E-state index is 13.2. The summed E-state index contributed by atoms with van der Waals surface area (Å²) in [5.41, 5.74) is 5.15. The number of carbonyl (C=O) groups is 1. The van der Waals surface area contributed by atoms with E-state index in [-0.39, 0.29) is 10.6 Å². The van der Waals surface area contributed by atoms with Crippen molar-refractivity contribution in [2.45, 2.75) is 6.04 Å². The van der Waals surface area contributed by atoms with Gasteiger partial charge in [0.05, 0.1) is 5.02 Å². The molecule has 1 aromatic rings. The van der Waals surface area contributed by atoms with Crippen LogP contribution in [0.15, 0.2) is 16.6 Å². The minimum atomic E-state index is -1.39. The molecule has 3 N–H and O–H groups in total. The first-order valence-electron chi connectivity index (χ1n) is 3.56. The molecule has 1 aromatic carbocycles. The quantitative estimate of drug-likeness (QED) is 0.818. The molecule has 0 saturated heterocycles. The molecule has 3 nitrogen and oxygen atoms in total. The summed E-state index contributed by atoms with van der Waals surface area (Å²) in [5, 5.41) is 8.75. The van der Waals surface area contributed by atoms with Gasteiger partial charge < -0.3 is 10.8 Å². The normalized spacial score (nSPS) is 12.6. The Labute approximate surface area is 92.8 Å². The summed E-state index contributed by atoms with van der Waals surface area (Å²) in [4.78, 5) is 10.5. The first kappa shape index (κ1) is 11.4. The van der Waals surface area contributed by atoms with Crippen molar-refractivity contribution >= 4 is 33.5 Å². The van der Waals surface area contributed by atoms with Crippen LogP contribution in [0, 0.1) is 5.82 Å². The van der Waals surface area contributed by atoms with Crippen molar-refractivity contribution in [1.82, 2.24) is 0 Å². The van der Waals surface area contributed by atoms with Crippen LogP contribution in [-0.2, 0) is 4.79 Å². The lowest BCUT2D eigenvalue weighted by Gasteiger charge is -2.09. The molecule has 76 valence electrons. The van der Waals surface area contributed by atoms with Crippen molar-refractivity contribution in [1.29, 1.82) is 0 Å². The van der Waals surface area contributed by atoms with Crippen molar-refractivity contribution in [2.24, 2.45) is 5.73 Å². The molecule has 0 aliphatic heterocycles. The summed E-state index contributed by atoms with van der Waals surface area (Å²) in [6.07, 6.45) is 0. The van der Waals surface area contributed by atoms with Crippen LogP contribution in [0.5, 0.6) is 0 Å². The van der Waals surface area contributed by atoms with Crippen LogP contribution in [0.1, 0.15) is 11.6 Å². The van der Waals surface area contributed by atoms with Crippen molar-refractivity contribution in [3.63, 3.8) is 0 Å². The second-order valence-corrected chi connectivity index (χ2v) is 3.87. The van der Waals surface area contributed by atoms with Gasteiger partial charge in [-0.2, -0.15) is 0 Å². The van der Waals surface area contributed by atoms with Crippen molar-refractivity contribution in [2.75, 3.05) is 0 Å². The molecule has 6 heteroatoms. The van der Waals surface area contributed by atoms with E-state index in [2.05, 4.69) is 15.9 Å². The number of rotatable bonds is 2. The molecule has 0 amide bonds. The lowest BCUT2D eigenvalue weighted by Crippen LogP contribution is -2.21. The predicted molar refractivity (Wildman–Crippen MR) is 53.7 cm³/mol. The van der Waals surface area contributed by atoms with E-state index >= 15 is 0 Å². The van der Waals surface area contributed by atoms with Crippen LogP contribution in [0.2, 0.25) is 5.02 Å². The van der Waals surface area contributed by atoms with Gasteiger partial charge in [-0.25, -0.2) is 4.39 Å². The number of halogens is 3. The van der Waals surface area contributed by atoms with E-state index in [0.29, 0.717) is 4.47 Å². The lowest BCUT2D eigenvalue weighted by atomic mass is 10.1. The Morgan fingerprint density at radius 3 is 2.71 bits per heavy atom. The van der Waals surface area contributed by atoms with Crippen LogP contribution in [0.3, 0.4) is 0 Å².